The van der Waals surface area contributed by atoms with Crippen molar-refractivity contribution in [2.24, 2.45) is 5.73 Å². The van der Waals surface area contributed by atoms with Crippen molar-refractivity contribution in [3.05, 3.63) is 48.0 Å². The van der Waals surface area contributed by atoms with Crippen LogP contribution < -0.4 is 11.1 Å². The summed E-state index contributed by atoms with van der Waals surface area (Å²) >= 11 is 0. The van der Waals surface area contributed by atoms with E-state index < -0.39 is 0 Å². The van der Waals surface area contributed by atoms with Gasteiger partial charge in [-0.1, -0.05) is 42.5 Å². The predicted octanol–water partition coefficient (Wildman–Crippen LogP) is 3.01. The molecule has 1 saturated heterocycles. The minimum absolute atomic E-state index is 0. The van der Waals surface area contributed by atoms with Gasteiger partial charge in [-0.3, -0.25) is 4.90 Å². The number of hydrogen-bond donors (Lipinski definition) is 2. The highest BCUT2D eigenvalue weighted by molar-refractivity contribution is 5.86. The van der Waals surface area contributed by atoms with Crippen LogP contribution in [-0.2, 0) is 0 Å². The van der Waals surface area contributed by atoms with Crippen LogP contribution in [0.1, 0.15) is 11.6 Å². The van der Waals surface area contributed by atoms with E-state index in [0.717, 1.165) is 32.7 Å². The number of nitrogens with one attached hydrogen (secondary N) is 1. The lowest BCUT2D eigenvalue weighted by atomic mass is 9.97. The molecule has 1 aliphatic heterocycles. The van der Waals surface area contributed by atoms with Crippen LogP contribution in [0.5, 0.6) is 0 Å². The monoisotopic (exact) mass is 363 g/mol. The summed E-state index contributed by atoms with van der Waals surface area (Å²) in [6, 6.07) is 15.6. The molecular weight excluding hydrogens is 341 g/mol. The van der Waals surface area contributed by atoms with Crippen molar-refractivity contribution in [2.45, 2.75) is 6.04 Å². The minimum Gasteiger partial charge on any atom is -0.329 e. The summed E-state index contributed by atoms with van der Waals surface area (Å²) in [7, 11) is 0. The summed E-state index contributed by atoms with van der Waals surface area (Å²) in [6.07, 6.45) is 0. The summed E-state index contributed by atoms with van der Waals surface area (Å²) in [6.45, 7) is 4.91. The highest BCUT2D eigenvalue weighted by Crippen LogP contribution is 2.26. The molecule has 22 heavy (non-hydrogen) atoms. The highest BCUT2D eigenvalue weighted by atomic mass is 35.5. The average Bonchev–Trinajstić information content (AvgIpc) is 2.47. The highest BCUT2D eigenvalue weighted by Gasteiger charge is 2.21. The largest absolute Gasteiger partial charge is 0.329 e. The van der Waals surface area contributed by atoms with Crippen molar-refractivity contribution in [3.63, 3.8) is 0 Å². The van der Waals surface area contributed by atoms with Crippen LogP contribution in [0.25, 0.3) is 10.8 Å². The van der Waals surface area contributed by atoms with E-state index in [1.54, 1.807) is 0 Å². The quantitative estimate of drug-likeness (QED) is 0.879. The first kappa shape index (κ1) is 21.4. The van der Waals surface area contributed by atoms with E-state index >= 15 is 0 Å². The summed E-state index contributed by atoms with van der Waals surface area (Å²) < 4.78 is 0. The number of benzene rings is 2. The number of rotatable bonds is 3. The Morgan fingerprint density at radius 1 is 1.05 bits per heavy atom. The van der Waals surface area contributed by atoms with Crippen LogP contribution in [0, 0.1) is 0 Å². The van der Waals surface area contributed by atoms with E-state index in [1.807, 2.05) is 0 Å². The fourth-order valence-electron chi connectivity index (χ4n) is 2.96. The van der Waals surface area contributed by atoms with Gasteiger partial charge in [0.05, 0.1) is 0 Å². The molecule has 1 fully saturated rings. The fourth-order valence-corrected chi connectivity index (χ4v) is 2.96. The Balaban J connectivity index is 0.00000147. The Hall–Kier alpha value is -0.550. The zero-order chi connectivity index (χ0) is 13.1. The van der Waals surface area contributed by atoms with Gasteiger partial charge in [0.1, 0.15) is 0 Å². The van der Waals surface area contributed by atoms with E-state index in [2.05, 4.69) is 52.7 Å². The summed E-state index contributed by atoms with van der Waals surface area (Å²) in [5, 5.41) is 6.31. The second kappa shape index (κ2) is 10.3. The molecule has 6 heteroatoms. The second-order valence-corrected chi connectivity index (χ2v) is 5.16. The smallest absolute Gasteiger partial charge is 0.0455 e. The van der Waals surface area contributed by atoms with Gasteiger partial charge in [0.25, 0.3) is 0 Å². The first-order chi connectivity index (χ1) is 9.38. The van der Waals surface area contributed by atoms with Gasteiger partial charge in [-0.2, -0.15) is 0 Å². The lowest BCUT2D eigenvalue weighted by Gasteiger charge is -2.34. The summed E-state index contributed by atoms with van der Waals surface area (Å²) in [4.78, 5) is 2.45. The molecular formula is C16H24Cl3N3. The molecule has 0 saturated carbocycles. The Labute approximate surface area is 150 Å². The van der Waals surface area contributed by atoms with Crippen LogP contribution >= 0.6 is 37.2 Å². The third kappa shape index (κ3) is 4.72. The number of nitrogens with two attached hydrogens (primary N) is 1. The van der Waals surface area contributed by atoms with Crippen LogP contribution in [0.15, 0.2) is 42.5 Å². The normalized spacial score (nSPS) is 18.0. The molecule has 2 aromatic rings. The Bertz CT molecular complexity index is 558. The van der Waals surface area contributed by atoms with Crippen molar-refractivity contribution < 1.29 is 0 Å². The molecule has 0 radical (unpaired) electrons. The molecule has 0 aromatic heterocycles. The SMILES string of the molecule is Cl.Cl.Cl.NCCN1CCNC(c2cccc3ccccc23)C1. The van der Waals surface area contributed by atoms with Gasteiger partial charge in [0.2, 0.25) is 0 Å². The Morgan fingerprint density at radius 3 is 2.55 bits per heavy atom. The van der Waals surface area contributed by atoms with Crippen molar-refractivity contribution in [3.8, 4) is 0 Å². The lowest BCUT2D eigenvalue weighted by Crippen LogP contribution is -2.47. The molecule has 3 nitrogen and oxygen atoms in total. The van der Waals surface area contributed by atoms with Crippen LogP contribution in [0.4, 0.5) is 0 Å². The Kier molecular flexibility index (Phi) is 10.0. The van der Waals surface area contributed by atoms with E-state index in [9.17, 15) is 0 Å². The molecule has 0 aliphatic carbocycles. The minimum atomic E-state index is 0. The van der Waals surface area contributed by atoms with Gasteiger partial charge in [-0.15, -0.1) is 37.2 Å². The van der Waals surface area contributed by atoms with Gasteiger partial charge in [0, 0.05) is 38.8 Å². The van der Waals surface area contributed by atoms with E-state index in [1.165, 1.54) is 16.3 Å². The van der Waals surface area contributed by atoms with E-state index in [0.29, 0.717) is 6.04 Å². The van der Waals surface area contributed by atoms with Crippen molar-refractivity contribution in [1.29, 1.82) is 0 Å². The number of fused-ring (bicyclic) bond motifs is 1. The van der Waals surface area contributed by atoms with E-state index in [4.69, 9.17) is 5.73 Å². The maximum Gasteiger partial charge on any atom is 0.0455 e. The van der Waals surface area contributed by atoms with Gasteiger partial charge < -0.3 is 11.1 Å². The maximum absolute atomic E-state index is 5.67. The molecule has 0 spiro atoms. The summed E-state index contributed by atoms with van der Waals surface area (Å²) in [5.41, 5.74) is 7.07. The molecule has 1 aliphatic rings. The first-order valence-corrected chi connectivity index (χ1v) is 7.02. The maximum atomic E-state index is 5.67. The zero-order valence-electron chi connectivity index (χ0n) is 12.4. The first-order valence-electron chi connectivity index (χ1n) is 7.02. The standard InChI is InChI=1S/C16H21N3.3ClH/c17-8-10-19-11-9-18-16(12-19)15-7-3-5-13-4-1-2-6-14(13)15;;;/h1-7,16,18H,8-12,17H2;3*1H. The molecule has 3 rings (SSSR count). The topological polar surface area (TPSA) is 41.3 Å². The van der Waals surface area contributed by atoms with Crippen LogP contribution in [0.3, 0.4) is 0 Å². The van der Waals surface area contributed by atoms with Gasteiger partial charge in [0.15, 0.2) is 0 Å². The molecule has 0 amide bonds. The van der Waals surface area contributed by atoms with Crippen molar-refractivity contribution in [1.82, 2.24) is 10.2 Å². The molecule has 0 bridgehead atoms. The molecule has 1 atom stereocenters. The predicted molar refractivity (Wildman–Crippen MR) is 102 cm³/mol. The van der Waals surface area contributed by atoms with Gasteiger partial charge in [-0.25, -0.2) is 0 Å². The fraction of sp³-hybridized carbons (Fsp3) is 0.375. The molecule has 1 heterocycles. The van der Waals surface area contributed by atoms with Gasteiger partial charge >= 0.3 is 0 Å². The second-order valence-electron chi connectivity index (χ2n) is 5.16. The van der Waals surface area contributed by atoms with E-state index in [-0.39, 0.29) is 37.2 Å². The number of piperazine rings is 1. The summed E-state index contributed by atoms with van der Waals surface area (Å²) in [5.74, 6) is 0. The van der Waals surface area contributed by atoms with Crippen molar-refractivity contribution >= 4 is 48.0 Å². The van der Waals surface area contributed by atoms with Crippen molar-refractivity contribution in [2.75, 3.05) is 32.7 Å². The van der Waals surface area contributed by atoms with Crippen LogP contribution in [-0.4, -0.2) is 37.6 Å². The third-order valence-electron chi connectivity index (χ3n) is 3.90. The molecule has 124 valence electrons. The Morgan fingerprint density at radius 2 is 1.77 bits per heavy atom. The molecule has 3 N–H and O–H groups in total. The lowest BCUT2D eigenvalue weighted by molar-refractivity contribution is 0.206. The third-order valence-corrected chi connectivity index (χ3v) is 3.90. The van der Waals surface area contributed by atoms with Gasteiger partial charge in [-0.05, 0) is 16.3 Å². The number of nitrogens with zero attached hydrogens (tertiary/aromatic N) is 1. The molecule has 1 unspecified atom stereocenters. The average molecular weight is 365 g/mol. The molecule has 2 aromatic carbocycles. The number of hydrogen-bond acceptors (Lipinski definition) is 3. The van der Waals surface area contributed by atoms with Crippen LogP contribution in [0.2, 0.25) is 0 Å². The number of halogens is 3. The zero-order valence-corrected chi connectivity index (χ0v) is 14.9.